The summed E-state index contributed by atoms with van der Waals surface area (Å²) in [5, 5.41) is 0. The van der Waals surface area contributed by atoms with Crippen molar-refractivity contribution in [1.29, 1.82) is 0 Å². The SMILES string of the molecule is O=C(c1ccc(OC(F)F)cc1)N1CCN(CCCl)CC1. The van der Waals surface area contributed by atoms with Crippen molar-refractivity contribution >= 4 is 17.5 Å². The standard InChI is InChI=1S/C14H17ClF2N2O2/c15-5-6-18-7-9-19(10-8-18)13(20)11-1-3-12(4-2-11)21-14(16)17/h1-4,14H,5-10H2. The Balaban J connectivity index is 1.91. The van der Waals surface area contributed by atoms with Crippen LogP contribution in [0.5, 0.6) is 5.75 Å². The minimum atomic E-state index is -2.86. The molecule has 0 aromatic heterocycles. The summed E-state index contributed by atoms with van der Waals surface area (Å²) in [6, 6.07) is 5.77. The van der Waals surface area contributed by atoms with Gasteiger partial charge in [0, 0.05) is 44.2 Å². The van der Waals surface area contributed by atoms with Gasteiger partial charge in [0.2, 0.25) is 0 Å². The molecule has 4 nitrogen and oxygen atoms in total. The second kappa shape index (κ2) is 7.56. The van der Waals surface area contributed by atoms with Crippen molar-refractivity contribution in [2.24, 2.45) is 0 Å². The van der Waals surface area contributed by atoms with E-state index < -0.39 is 6.61 Å². The Bertz CT molecular complexity index is 463. The highest BCUT2D eigenvalue weighted by atomic mass is 35.5. The normalized spacial score (nSPS) is 16.3. The Morgan fingerprint density at radius 1 is 1.19 bits per heavy atom. The number of piperazine rings is 1. The minimum absolute atomic E-state index is 0.0495. The lowest BCUT2D eigenvalue weighted by Crippen LogP contribution is -2.49. The van der Waals surface area contributed by atoms with Gasteiger partial charge in [-0.05, 0) is 24.3 Å². The average molecular weight is 319 g/mol. The number of hydrogen-bond donors (Lipinski definition) is 0. The van der Waals surface area contributed by atoms with E-state index in [1.54, 1.807) is 4.90 Å². The van der Waals surface area contributed by atoms with Gasteiger partial charge < -0.3 is 9.64 Å². The van der Waals surface area contributed by atoms with E-state index in [1.165, 1.54) is 24.3 Å². The van der Waals surface area contributed by atoms with Crippen molar-refractivity contribution in [3.8, 4) is 5.75 Å². The molecule has 0 radical (unpaired) electrons. The van der Waals surface area contributed by atoms with Crippen molar-refractivity contribution in [3.05, 3.63) is 29.8 Å². The minimum Gasteiger partial charge on any atom is -0.435 e. The number of benzene rings is 1. The largest absolute Gasteiger partial charge is 0.435 e. The van der Waals surface area contributed by atoms with E-state index in [0.29, 0.717) is 24.5 Å². The molecule has 2 rings (SSSR count). The summed E-state index contributed by atoms with van der Waals surface area (Å²) < 4.78 is 28.4. The Kier molecular flexibility index (Phi) is 5.76. The van der Waals surface area contributed by atoms with Crippen LogP contribution < -0.4 is 4.74 Å². The maximum atomic E-state index is 12.3. The Hall–Kier alpha value is -1.40. The van der Waals surface area contributed by atoms with Crippen LogP contribution in [0.1, 0.15) is 10.4 Å². The first kappa shape index (κ1) is 16.0. The van der Waals surface area contributed by atoms with E-state index in [-0.39, 0.29) is 11.7 Å². The lowest BCUT2D eigenvalue weighted by Gasteiger charge is -2.34. The first-order valence-corrected chi connectivity index (χ1v) is 7.26. The molecular weight excluding hydrogens is 302 g/mol. The van der Waals surface area contributed by atoms with Gasteiger partial charge in [0.25, 0.3) is 5.91 Å². The highest BCUT2D eigenvalue weighted by Crippen LogP contribution is 2.16. The summed E-state index contributed by atoms with van der Waals surface area (Å²) in [4.78, 5) is 16.3. The molecular formula is C14H17ClF2N2O2. The zero-order valence-corrected chi connectivity index (χ0v) is 12.2. The molecule has 0 spiro atoms. The van der Waals surface area contributed by atoms with Gasteiger partial charge in [0.05, 0.1) is 0 Å². The van der Waals surface area contributed by atoms with Crippen LogP contribution >= 0.6 is 11.6 Å². The Morgan fingerprint density at radius 2 is 1.81 bits per heavy atom. The van der Waals surface area contributed by atoms with Gasteiger partial charge in [-0.15, -0.1) is 11.6 Å². The number of halogens is 3. The van der Waals surface area contributed by atoms with Gasteiger partial charge in [-0.2, -0.15) is 8.78 Å². The number of carbonyl (C=O) groups excluding carboxylic acids is 1. The van der Waals surface area contributed by atoms with Gasteiger partial charge in [0.1, 0.15) is 5.75 Å². The molecule has 0 atom stereocenters. The summed E-state index contributed by atoms with van der Waals surface area (Å²) in [5.74, 6) is 0.539. The average Bonchev–Trinajstić information content (AvgIpc) is 2.48. The van der Waals surface area contributed by atoms with Crippen molar-refractivity contribution in [1.82, 2.24) is 9.80 Å². The summed E-state index contributed by atoms with van der Waals surface area (Å²) in [7, 11) is 0. The van der Waals surface area contributed by atoms with Gasteiger partial charge in [-0.25, -0.2) is 0 Å². The van der Waals surface area contributed by atoms with E-state index in [2.05, 4.69) is 9.64 Å². The molecule has 1 aromatic carbocycles. The van der Waals surface area contributed by atoms with E-state index >= 15 is 0 Å². The number of alkyl halides is 3. The molecule has 7 heteroatoms. The summed E-state index contributed by atoms with van der Waals surface area (Å²) in [5.41, 5.74) is 0.474. The number of carbonyl (C=O) groups is 1. The van der Waals surface area contributed by atoms with Crippen LogP contribution in [0.2, 0.25) is 0 Å². The summed E-state index contributed by atoms with van der Waals surface area (Å²) >= 11 is 5.69. The number of amides is 1. The molecule has 21 heavy (non-hydrogen) atoms. The molecule has 1 saturated heterocycles. The number of ether oxygens (including phenoxy) is 1. The smallest absolute Gasteiger partial charge is 0.387 e. The third-order valence-electron chi connectivity index (χ3n) is 3.39. The first-order valence-electron chi connectivity index (χ1n) is 6.72. The third-order valence-corrected chi connectivity index (χ3v) is 3.56. The predicted molar refractivity (Wildman–Crippen MR) is 76.1 cm³/mol. The van der Waals surface area contributed by atoms with E-state index in [1.807, 2.05) is 0 Å². The van der Waals surface area contributed by atoms with E-state index in [0.717, 1.165) is 19.6 Å². The number of hydrogen-bond acceptors (Lipinski definition) is 3. The molecule has 1 aliphatic heterocycles. The zero-order valence-electron chi connectivity index (χ0n) is 11.5. The van der Waals surface area contributed by atoms with Crippen LogP contribution in [-0.2, 0) is 0 Å². The second-order valence-electron chi connectivity index (χ2n) is 4.73. The van der Waals surface area contributed by atoms with E-state index in [4.69, 9.17) is 11.6 Å². The molecule has 0 unspecified atom stereocenters. The van der Waals surface area contributed by atoms with Crippen molar-refractivity contribution in [2.75, 3.05) is 38.6 Å². The monoisotopic (exact) mass is 318 g/mol. The second-order valence-corrected chi connectivity index (χ2v) is 5.10. The number of rotatable bonds is 5. The quantitative estimate of drug-likeness (QED) is 0.781. The zero-order chi connectivity index (χ0) is 15.2. The fourth-order valence-corrected chi connectivity index (χ4v) is 2.49. The first-order chi connectivity index (χ1) is 10.1. The van der Waals surface area contributed by atoms with Gasteiger partial charge in [-0.1, -0.05) is 0 Å². The van der Waals surface area contributed by atoms with Crippen LogP contribution in [0, 0.1) is 0 Å². The maximum Gasteiger partial charge on any atom is 0.387 e. The molecule has 0 aliphatic carbocycles. The molecule has 0 saturated carbocycles. The van der Waals surface area contributed by atoms with Crippen LogP contribution in [0.3, 0.4) is 0 Å². The highest BCUT2D eigenvalue weighted by Gasteiger charge is 2.21. The van der Waals surface area contributed by atoms with Gasteiger partial charge >= 0.3 is 6.61 Å². The molecule has 1 amide bonds. The van der Waals surface area contributed by atoms with Crippen LogP contribution in [-0.4, -0.2) is 60.9 Å². The van der Waals surface area contributed by atoms with Gasteiger partial charge in [0.15, 0.2) is 0 Å². The fourth-order valence-electron chi connectivity index (χ4n) is 2.26. The Morgan fingerprint density at radius 3 is 2.33 bits per heavy atom. The fraction of sp³-hybridized carbons (Fsp3) is 0.500. The predicted octanol–water partition coefficient (Wildman–Crippen LogP) is 2.28. The van der Waals surface area contributed by atoms with E-state index in [9.17, 15) is 13.6 Å². The van der Waals surface area contributed by atoms with Crippen molar-refractivity contribution in [3.63, 3.8) is 0 Å². The lowest BCUT2D eigenvalue weighted by molar-refractivity contribution is -0.0498. The molecule has 116 valence electrons. The molecule has 0 bridgehead atoms. The van der Waals surface area contributed by atoms with Crippen LogP contribution in [0.15, 0.2) is 24.3 Å². The highest BCUT2D eigenvalue weighted by molar-refractivity contribution is 6.18. The topological polar surface area (TPSA) is 32.8 Å². The van der Waals surface area contributed by atoms with Crippen LogP contribution in [0.4, 0.5) is 8.78 Å². The third kappa shape index (κ3) is 4.54. The molecule has 1 aliphatic rings. The van der Waals surface area contributed by atoms with Crippen molar-refractivity contribution in [2.45, 2.75) is 6.61 Å². The summed E-state index contributed by atoms with van der Waals surface area (Å²) in [6.07, 6.45) is 0. The van der Waals surface area contributed by atoms with Crippen molar-refractivity contribution < 1.29 is 18.3 Å². The maximum absolute atomic E-state index is 12.3. The van der Waals surface area contributed by atoms with Crippen LogP contribution in [0.25, 0.3) is 0 Å². The number of nitrogens with zero attached hydrogens (tertiary/aromatic N) is 2. The van der Waals surface area contributed by atoms with Gasteiger partial charge in [-0.3, -0.25) is 9.69 Å². The molecule has 0 N–H and O–H groups in total. The molecule has 1 aromatic rings. The molecule has 1 heterocycles. The summed E-state index contributed by atoms with van der Waals surface area (Å²) in [6.45, 7) is 0.844. The molecule has 1 fully saturated rings. The lowest BCUT2D eigenvalue weighted by atomic mass is 10.1. The Labute approximate surface area is 127 Å².